The topological polar surface area (TPSA) is 55.6 Å². The summed E-state index contributed by atoms with van der Waals surface area (Å²) in [4.78, 5) is 13.9. The summed E-state index contributed by atoms with van der Waals surface area (Å²) in [5.41, 5.74) is 5.92. The molecule has 0 aliphatic carbocycles. The molecule has 0 aromatic rings. The lowest BCUT2D eigenvalue weighted by Gasteiger charge is -2.35. The van der Waals surface area contributed by atoms with Crippen LogP contribution in [-0.2, 0) is 9.53 Å². The maximum atomic E-state index is 12.0. The van der Waals surface area contributed by atoms with Crippen LogP contribution in [0.3, 0.4) is 0 Å². The highest BCUT2D eigenvalue weighted by Crippen LogP contribution is 2.20. The lowest BCUT2D eigenvalue weighted by molar-refractivity contribution is -0.143. The summed E-state index contributed by atoms with van der Waals surface area (Å²) in [6, 6.07) is 0.138. The first-order valence-electron chi connectivity index (χ1n) is 5.83. The molecular formula is C11H20N2O2. The molecule has 15 heavy (non-hydrogen) atoms. The Morgan fingerprint density at radius 3 is 2.87 bits per heavy atom. The highest BCUT2D eigenvalue weighted by atomic mass is 16.5. The van der Waals surface area contributed by atoms with E-state index in [4.69, 9.17) is 10.5 Å². The van der Waals surface area contributed by atoms with E-state index in [0.717, 1.165) is 32.4 Å². The van der Waals surface area contributed by atoms with Gasteiger partial charge in [-0.15, -0.1) is 0 Å². The molecule has 2 aliphatic rings. The van der Waals surface area contributed by atoms with Gasteiger partial charge in [0.05, 0.1) is 0 Å². The Bertz CT molecular complexity index is 229. The third-order valence-electron chi connectivity index (χ3n) is 3.21. The standard InChI is InChI=1S/C11H20N2O2/c1-8-5-9(12)7-13(6-8)11(14)10-3-2-4-15-10/h8-10H,2-7,12H2,1H3. The minimum Gasteiger partial charge on any atom is -0.368 e. The molecule has 2 N–H and O–H groups in total. The average molecular weight is 212 g/mol. The van der Waals surface area contributed by atoms with Gasteiger partial charge in [0, 0.05) is 25.7 Å². The Kier molecular flexibility index (Phi) is 3.26. The van der Waals surface area contributed by atoms with Crippen LogP contribution in [0, 0.1) is 5.92 Å². The molecule has 0 bridgehead atoms. The molecule has 0 aromatic heterocycles. The fraction of sp³-hybridized carbons (Fsp3) is 0.909. The molecule has 0 spiro atoms. The van der Waals surface area contributed by atoms with Crippen LogP contribution >= 0.6 is 0 Å². The zero-order chi connectivity index (χ0) is 10.8. The number of hydrogen-bond donors (Lipinski definition) is 1. The van der Waals surface area contributed by atoms with Gasteiger partial charge in [-0.2, -0.15) is 0 Å². The van der Waals surface area contributed by atoms with Crippen LogP contribution in [0.4, 0.5) is 0 Å². The predicted octanol–water partition coefficient (Wildman–Crippen LogP) is 0.361. The zero-order valence-corrected chi connectivity index (χ0v) is 9.32. The van der Waals surface area contributed by atoms with Gasteiger partial charge in [0.25, 0.3) is 5.91 Å². The Balaban J connectivity index is 1.93. The molecule has 2 rings (SSSR count). The van der Waals surface area contributed by atoms with Gasteiger partial charge in [0.1, 0.15) is 6.10 Å². The molecule has 0 radical (unpaired) electrons. The SMILES string of the molecule is CC1CC(N)CN(C(=O)C2CCCO2)C1. The highest BCUT2D eigenvalue weighted by molar-refractivity contribution is 5.81. The average Bonchev–Trinajstić information content (AvgIpc) is 2.67. The number of carbonyl (C=O) groups excluding carboxylic acids is 1. The van der Waals surface area contributed by atoms with Crippen LogP contribution < -0.4 is 5.73 Å². The van der Waals surface area contributed by atoms with E-state index < -0.39 is 0 Å². The lowest BCUT2D eigenvalue weighted by atomic mass is 9.96. The number of rotatable bonds is 1. The number of amides is 1. The molecule has 3 unspecified atom stereocenters. The third-order valence-corrected chi connectivity index (χ3v) is 3.21. The summed E-state index contributed by atoms with van der Waals surface area (Å²) in [6.07, 6.45) is 2.71. The quantitative estimate of drug-likeness (QED) is 0.683. The normalized spacial score (nSPS) is 36.9. The number of carbonyl (C=O) groups is 1. The molecule has 4 heteroatoms. The van der Waals surface area contributed by atoms with Crippen LogP contribution in [0.15, 0.2) is 0 Å². The van der Waals surface area contributed by atoms with E-state index >= 15 is 0 Å². The first-order chi connectivity index (χ1) is 7.16. The molecule has 0 saturated carbocycles. The van der Waals surface area contributed by atoms with Gasteiger partial charge in [-0.3, -0.25) is 4.79 Å². The van der Waals surface area contributed by atoms with Gasteiger partial charge in [0.15, 0.2) is 0 Å². The molecule has 1 amide bonds. The third kappa shape index (κ3) is 2.49. The van der Waals surface area contributed by atoms with E-state index in [1.54, 1.807) is 0 Å². The van der Waals surface area contributed by atoms with Crippen molar-refractivity contribution in [1.29, 1.82) is 0 Å². The van der Waals surface area contributed by atoms with Crippen LogP contribution in [0.2, 0.25) is 0 Å². The van der Waals surface area contributed by atoms with Crippen molar-refractivity contribution in [3.63, 3.8) is 0 Å². The van der Waals surface area contributed by atoms with Crippen LogP contribution in [-0.4, -0.2) is 42.6 Å². The van der Waals surface area contributed by atoms with Crippen LogP contribution in [0.25, 0.3) is 0 Å². The summed E-state index contributed by atoms with van der Waals surface area (Å²) in [5, 5.41) is 0. The van der Waals surface area contributed by atoms with Gasteiger partial charge in [-0.25, -0.2) is 0 Å². The van der Waals surface area contributed by atoms with Crippen molar-refractivity contribution in [2.45, 2.75) is 38.3 Å². The summed E-state index contributed by atoms with van der Waals surface area (Å²) >= 11 is 0. The van der Waals surface area contributed by atoms with E-state index in [2.05, 4.69) is 6.92 Å². The zero-order valence-electron chi connectivity index (χ0n) is 9.32. The van der Waals surface area contributed by atoms with Crippen molar-refractivity contribution in [2.24, 2.45) is 11.7 Å². The largest absolute Gasteiger partial charge is 0.368 e. The van der Waals surface area contributed by atoms with E-state index in [9.17, 15) is 4.79 Å². The molecule has 3 atom stereocenters. The second kappa shape index (κ2) is 4.49. The van der Waals surface area contributed by atoms with E-state index in [1.807, 2.05) is 4.90 Å². The van der Waals surface area contributed by atoms with Crippen molar-refractivity contribution < 1.29 is 9.53 Å². The molecular weight excluding hydrogens is 192 g/mol. The monoisotopic (exact) mass is 212 g/mol. The maximum absolute atomic E-state index is 12.0. The summed E-state index contributed by atoms with van der Waals surface area (Å²) in [7, 11) is 0. The van der Waals surface area contributed by atoms with Gasteiger partial charge in [0.2, 0.25) is 0 Å². The summed E-state index contributed by atoms with van der Waals surface area (Å²) in [5.74, 6) is 0.661. The molecule has 2 fully saturated rings. The Morgan fingerprint density at radius 1 is 1.47 bits per heavy atom. The highest BCUT2D eigenvalue weighted by Gasteiger charge is 2.32. The van der Waals surface area contributed by atoms with Crippen molar-refractivity contribution in [1.82, 2.24) is 4.90 Å². The minimum absolute atomic E-state index is 0.138. The van der Waals surface area contributed by atoms with Crippen molar-refractivity contribution in [3.8, 4) is 0 Å². The van der Waals surface area contributed by atoms with Gasteiger partial charge >= 0.3 is 0 Å². The van der Waals surface area contributed by atoms with Crippen molar-refractivity contribution >= 4 is 5.91 Å². The number of piperidine rings is 1. The minimum atomic E-state index is -0.192. The van der Waals surface area contributed by atoms with Gasteiger partial charge < -0.3 is 15.4 Å². The summed E-state index contributed by atoms with van der Waals surface area (Å²) < 4.78 is 5.41. The van der Waals surface area contributed by atoms with E-state index in [-0.39, 0.29) is 18.1 Å². The number of ether oxygens (including phenoxy) is 1. The number of likely N-dealkylation sites (tertiary alicyclic amines) is 1. The Labute approximate surface area is 90.8 Å². The Morgan fingerprint density at radius 2 is 2.27 bits per heavy atom. The fourth-order valence-corrected chi connectivity index (χ4v) is 2.56. The number of nitrogens with two attached hydrogens (primary N) is 1. The molecule has 4 nitrogen and oxygen atoms in total. The fourth-order valence-electron chi connectivity index (χ4n) is 2.56. The van der Waals surface area contributed by atoms with Gasteiger partial charge in [-0.05, 0) is 25.2 Å². The molecule has 2 saturated heterocycles. The van der Waals surface area contributed by atoms with E-state index in [0.29, 0.717) is 12.5 Å². The number of hydrogen-bond acceptors (Lipinski definition) is 3. The molecule has 2 aliphatic heterocycles. The van der Waals surface area contributed by atoms with Gasteiger partial charge in [-0.1, -0.05) is 6.92 Å². The smallest absolute Gasteiger partial charge is 0.251 e. The van der Waals surface area contributed by atoms with Crippen LogP contribution in [0.1, 0.15) is 26.2 Å². The van der Waals surface area contributed by atoms with Crippen LogP contribution in [0.5, 0.6) is 0 Å². The predicted molar refractivity (Wildman–Crippen MR) is 57.3 cm³/mol. The number of nitrogens with zero attached hydrogens (tertiary/aromatic N) is 1. The second-order valence-corrected chi connectivity index (χ2v) is 4.85. The van der Waals surface area contributed by atoms with E-state index in [1.165, 1.54) is 0 Å². The van der Waals surface area contributed by atoms with Crippen molar-refractivity contribution in [3.05, 3.63) is 0 Å². The second-order valence-electron chi connectivity index (χ2n) is 4.85. The first-order valence-corrected chi connectivity index (χ1v) is 5.83. The maximum Gasteiger partial charge on any atom is 0.251 e. The van der Waals surface area contributed by atoms with Crippen molar-refractivity contribution in [2.75, 3.05) is 19.7 Å². The first kappa shape index (κ1) is 10.9. The summed E-state index contributed by atoms with van der Waals surface area (Å²) in [6.45, 7) is 4.41. The lowest BCUT2D eigenvalue weighted by Crippen LogP contribution is -2.51. The Hall–Kier alpha value is -0.610. The molecule has 2 heterocycles. The molecule has 86 valence electrons. The molecule has 0 aromatic carbocycles.